The molecule has 32 heavy (non-hydrogen) atoms. The molecule has 0 aliphatic rings. The van der Waals surface area contributed by atoms with E-state index in [4.69, 9.17) is 33.0 Å². The number of amides is 1. The third kappa shape index (κ3) is 10.0. The van der Waals surface area contributed by atoms with E-state index in [1.807, 2.05) is 46.9 Å². The van der Waals surface area contributed by atoms with Crippen LogP contribution in [-0.4, -0.2) is 44.3 Å². The number of rotatable bonds is 5. The Bertz CT molecular complexity index is 771. The molecule has 1 aromatic rings. The summed E-state index contributed by atoms with van der Waals surface area (Å²) >= 11 is 10.3. The van der Waals surface area contributed by atoms with Gasteiger partial charge in [-0.25, -0.2) is 9.78 Å². The Morgan fingerprint density at radius 2 is 1.50 bits per heavy atom. The van der Waals surface area contributed by atoms with Crippen LogP contribution in [0.5, 0.6) is 0 Å². The van der Waals surface area contributed by atoms with E-state index in [-0.39, 0.29) is 39.0 Å². The number of halogens is 5. The third-order valence-corrected chi connectivity index (χ3v) is 5.69. The fraction of sp³-hybridized carbons (Fsp3) is 0.650. The van der Waals surface area contributed by atoms with Gasteiger partial charge in [0.1, 0.15) is 10.8 Å². The van der Waals surface area contributed by atoms with Gasteiger partial charge < -0.3 is 15.0 Å². The quantitative estimate of drug-likeness (QED) is 0.279. The van der Waals surface area contributed by atoms with Crippen molar-refractivity contribution in [1.29, 1.82) is 0 Å². The van der Waals surface area contributed by atoms with Gasteiger partial charge in [-0.1, -0.05) is 23.2 Å². The maximum Gasteiger partial charge on any atom is 1.00 e. The number of hydrogen-bond donors (Lipinski definition) is 2. The van der Waals surface area contributed by atoms with Crippen LogP contribution in [0.4, 0.5) is 18.9 Å². The van der Waals surface area contributed by atoms with Gasteiger partial charge in [0.25, 0.3) is 5.91 Å². The molecule has 2 atom stereocenters. The molecule has 1 aromatic carbocycles. The average molecular weight is 525 g/mol. The number of alkyl halides is 3. The number of anilines is 1. The third-order valence-electron chi connectivity index (χ3n) is 3.34. The Morgan fingerprint density at radius 3 is 1.84 bits per heavy atom. The highest BCUT2D eigenvalue weighted by atomic mass is 35.5. The number of carbonyl (C=O) groups excluding carboxylic acids is 1. The van der Waals surface area contributed by atoms with E-state index in [1.165, 1.54) is 12.1 Å². The lowest BCUT2D eigenvalue weighted by Crippen LogP contribution is -2.52. The lowest BCUT2D eigenvalue weighted by Gasteiger charge is -2.25. The van der Waals surface area contributed by atoms with Gasteiger partial charge in [-0.05, 0) is 78.7 Å². The first-order chi connectivity index (χ1) is 14.1. The predicted octanol–water partition coefficient (Wildman–Crippen LogP) is 6.02. The van der Waals surface area contributed by atoms with Crippen molar-refractivity contribution in [1.82, 2.24) is 0 Å². The Morgan fingerprint density at radius 1 is 1.06 bits per heavy atom. The van der Waals surface area contributed by atoms with E-state index >= 15 is 0 Å². The number of carbonyl (C=O) groups is 1. The minimum absolute atomic E-state index is 0. The highest BCUT2D eigenvalue weighted by molar-refractivity contribution is 7.91. The fourth-order valence-electron chi connectivity index (χ4n) is 1.58. The summed E-state index contributed by atoms with van der Waals surface area (Å²) in [6, 6.07) is 2.45. The summed E-state index contributed by atoms with van der Waals surface area (Å²) in [6.07, 6.45) is -5.16. The molecule has 0 aliphatic carbocycles. The molecule has 1 rings (SSSR count). The Kier molecular flexibility index (Phi) is 11.3. The number of aliphatic hydroxyl groups is 1. The molecule has 0 saturated carbocycles. The van der Waals surface area contributed by atoms with Gasteiger partial charge in [0.05, 0.1) is 21.9 Å². The first kappa shape index (κ1) is 31.2. The van der Waals surface area contributed by atoms with Gasteiger partial charge in [0.2, 0.25) is 5.60 Å². The molecule has 0 spiro atoms. The zero-order valence-corrected chi connectivity index (χ0v) is 21.6. The molecule has 0 bridgehead atoms. The van der Waals surface area contributed by atoms with Crippen molar-refractivity contribution in [3.05, 3.63) is 22.2 Å². The first-order valence-electron chi connectivity index (χ1n) is 9.47. The zero-order chi connectivity index (χ0) is 25.7. The molecule has 12 heteroatoms. The lowest BCUT2D eigenvalue weighted by atomic mass is 10.1. The summed E-state index contributed by atoms with van der Waals surface area (Å²) in [5.74, 6) is -1.44. The number of hydrogen-bond acceptors (Lipinski definition) is 5. The van der Waals surface area contributed by atoms with E-state index < -0.39 is 28.9 Å². The van der Waals surface area contributed by atoms with Gasteiger partial charge in [-0.3, -0.25) is 4.79 Å². The topological polar surface area (TPSA) is 90.9 Å². The fourth-order valence-corrected chi connectivity index (χ4v) is 3.11. The molecule has 6 nitrogen and oxygen atoms in total. The maximum absolute atomic E-state index is 12.6. The molecule has 1 amide bonds. The van der Waals surface area contributed by atoms with Crippen LogP contribution >= 0.6 is 23.2 Å². The SMILES string of the molecule is CC(C)(C)OOC(C)(C)C.CC[S+]([O-])c1ccc(NC(=O)[C@@](C)(O)C(F)(F)F)c(Cl)c1Cl.[H+]. The largest absolute Gasteiger partial charge is 1.00 e. The second-order valence-electron chi connectivity index (χ2n) is 8.79. The van der Waals surface area contributed by atoms with Gasteiger partial charge >= 0.3 is 7.60 Å². The van der Waals surface area contributed by atoms with E-state index in [0.717, 1.165) is 0 Å². The van der Waals surface area contributed by atoms with Crippen molar-refractivity contribution in [3.8, 4) is 0 Å². The molecule has 1 unspecified atom stereocenters. The van der Waals surface area contributed by atoms with Crippen LogP contribution in [0.15, 0.2) is 17.0 Å². The predicted molar refractivity (Wildman–Crippen MR) is 122 cm³/mol. The van der Waals surface area contributed by atoms with Crippen LogP contribution in [0, 0.1) is 0 Å². The molecular weight excluding hydrogens is 494 g/mol. The average Bonchev–Trinajstić information content (AvgIpc) is 2.62. The minimum atomic E-state index is -5.16. The number of nitrogens with one attached hydrogen (secondary N) is 1. The van der Waals surface area contributed by atoms with Gasteiger partial charge in [-0.2, -0.15) is 13.2 Å². The van der Waals surface area contributed by atoms with E-state index in [2.05, 4.69) is 0 Å². The minimum Gasteiger partial charge on any atom is -0.611 e. The van der Waals surface area contributed by atoms with E-state index in [1.54, 1.807) is 6.92 Å². The van der Waals surface area contributed by atoms with Crippen molar-refractivity contribution >= 4 is 46.0 Å². The summed E-state index contributed by atoms with van der Waals surface area (Å²) < 4.78 is 49.4. The van der Waals surface area contributed by atoms with Gasteiger partial charge in [0.15, 0.2) is 4.90 Å². The second-order valence-corrected chi connectivity index (χ2v) is 11.3. The van der Waals surface area contributed by atoms with Crippen molar-refractivity contribution in [2.45, 2.75) is 83.3 Å². The molecule has 2 N–H and O–H groups in total. The van der Waals surface area contributed by atoms with Crippen LogP contribution < -0.4 is 5.32 Å². The summed E-state index contributed by atoms with van der Waals surface area (Å²) in [5.41, 5.74) is -4.24. The second kappa shape index (κ2) is 11.6. The molecule has 186 valence electrons. The van der Waals surface area contributed by atoms with Crippen LogP contribution in [0.3, 0.4) is 0 Å². The summed E-state index contributed by atoms with van der Waals surface area (Å²) in [7, 11) is 0. The molecule has 0 aromatic heterocycles. The van der Waals surface area contributed by atoms with E-state index in [9.17, 15) is 27.6 Å². The van der Waals surface area contributed by atoms with Crippen molar-refractivity contribution in [2.24, 2.45) is 0 Å². The van der Waals surface area contributed by atoms with Crippen molar-refractivity contribution in [2.75, 3.05) is 11.1 Å². The molecule has 0 saturated heterocycles. The molecular formula is C20H31Cl2F3NO5S+. The molecule has 0 heterocycles. The van der Waals surface area contributed by atoms with Crippen LogP contribution in [-0.2, 0) is 25.7 Å². The Balaban J connectivity index is 0. The first-order valence-corrected chi connectivity index (χ1v) is 11.5. The highest BCUT2D eigenvalue weighted by Gasteiger charge is 2.55. The van der Waals surface area contributed by atoms with E-state index in [0.29, 0.717) is 6.92 Å². The monoisotopic (exact) mass is 524 g/mol. The van der Waals surface area contributed by atoms with Crippen molar-refractivity contribution < 1.29 is 38.8 Å². The van der Waals surface area contributed by atoms with Gasteiger partial charge in [0, 0.05) is 0 Å². The number of benzene rings is 1. The Hall–Kier alpha value is -0.750. The Labute approximate surface area is 201 Å². The van der Waals surface area contributed by atoms with Crippen LogP contribution in [0.2, 0.25) is 10.0 Å². The molecule has 0 fully saturated rings. The highest BCUT2D eigenvalue weighted by Crippen LogP contribution is 2.37. The summed E-state index contributed by atoms with van der Waals surface area (Å²) in [5, 5.41) is 10.7. The zero-order valence-electron chi connectivity index (χ0n) is 20.2. The summed E-state index contributed by atoms with van der Waals surface area (Å²) in [6.45, 7) is 13.7. The molecule has 0 radical (unpaired) electrons. The summed E-state index contributed by atoms with van der Waals surface area (Å²) in [4.78, 5) is 22.0. The normalized spacial score (nSPS) is 15.3. The van der Waals surface area contributed by atoms with Crippen LogP contribution in [0.25, 0.3) is 0 Å². The van der Waals surface area contributed by atoms with Gasteiger partial charge in [-0.15, -0.1) is 0 Å². The van der Waals surface area contributed by atoms with Crippen LogP contribution in [0.1, 0.15) is 56.8 Å². The lowest BCUT2D eigenvalue weighted by molar-refractivity contribution is -0.393. The smallest absolute Gasteiger partial charge is 0.611 e. The standard InChI is InChI=1S/C12H12Cl2F3NO3S.C8H18O2/c1-3-22(21)7-5-4-6(8(13)9(7)14)18-10(19)11(2,20)12(15,16)17;1-7(2,3)9-10-8(4,5)6/h4-5,20H,3H2,1-2H3,(H,18,19);1-6H3/p+1/t11-,22?;/m1./s1. The maximum atomic E-state index is 12.6. The van der Waals surface area contributed by atoms with Crippen molar-refractivity contribution in [3.63, 3.8) is 0 Å². The molecule has 0 aliphatic heterocycles.